The molecule has 0 spiro atoms. The molecule has 0 unspecified atom stereocenters. The summed E-state index contributed by atoms with van der Waals surface area (Å²) in [4.78, 5) is 21.4. The number of methoxy groups -OCH3 is 1. The quantitative estimate of drug-likeness (QED) is 0.504. The van der Waals surface area contributed by atoms with E-state index in [9.17, 15) is 14.9 Å². The molecule has 0 saturated heterocycles. The van der Waals surface area contributed by atoms with Crippen LogP contribution in [0, 0.1) is 10.1 Å². The van der Waals surface area contributed by atoms with Crippen LogP contribution in [-0.4, -0.2) is 27.8 Å². The molecule has 0 atom stereocenters. The maximum absolute atomic E-state index is 11.3. The molecule has 0 fully saturated rings. The first-order chi connectivity index (χ1) is 9.02. The summed E-state index contributed by atoms with van der Waals surface area (Å²) in [7, 11) is 1.24. The molecule has 1 heterocycles. The van der Waals surface area contributed by atoms with Gasteiger partial charge in [0, 0.05) is 18.2 Å². The fourth-order valence-electron chi connectivity index (χ4n) is 1.52. The van der Waals surface area contributed by atoms with Crippen LogP contribution < -0.4 is 5.73 Å². The Kier molecular flexibility index (Phi) is 3.15. The summed E-state index contributed by atoms with van der Waals surface area (Å²) in [6.07, 6.45) is 0. The number of carbonyl (C=O) groups is 1. The zero-order chi connectivity index (χ0) is 14.0. The summed E-state index contributed by atoms with van der Waals surface area (Å²) < 4.78 is 5.83. The lowest BCUT2D eigenvalue weighted by Gasteiger charge is -2.02. The molecule has 0 amide bonds. The highest BCUT2D eigenvalue weighted by Crippen LogP contribution is 2.18. The van der Waals surface area contributed by atoms with E-state index in [0.29, 0.717) is 5.69 Å². The fraction of sp³-hybridized carbons (Fsp3) is 0.0909. The zero-order valence-electron chi connectivity index (χ0n) is 9.94. The summed E-state index contributed by atoms with van der Waals surface area (Å²) in [5.41, 5.74) is 6.26. The lowest BCUT2D eigenvalue weighted by Crippen LogP contribution is -2.05. The van der Waals surface area contributed by atoms with Gasteiger partial charge >= 0.3 is 5.97 Å². The van der Waals surface area contributed by atoms with Crippen LogP contribution in [0.1, 0.15) is 10.5 Å². The predicted octanol–water partition coefficient (Wildman–Crippen LogP) is 1.15. The van der Waals surface area contributed by atoms with Gasteiger partial charge in [0.25, 0.3) is 5.69 Å². The number of nitrogen functional groups attached to an aromatic ring is 1. The number of aromatic nitrogens is 2. The van der Waals surface area contributed by atoms with Crippen molar-refractivity contribution in [2.24, 2.45) is 0 Å². The molecule has 8 heteroatoms. The Hall–Kier alpha value is -2.90. The van der Waals surface area contributed by atoms with Crippen LogP contribution >= 0.6 is 0 Å². The number of nitro groups is 1. The Morgan fingerprint density at radius 2 is 2.05 bits per heavy atom. The van der Waals surface area contributed by atoms with E-state index in [1.807, 2.05) is 0 Å². The number of nitrogens with two attached hydrogens (primary N) is 1. The van der Waals surface area contributed by atoms with E-state index in [-0.39, 0.29) is 17.2 Å². The molecule has 19 heavy (non-hydrogen) atoms. The van der Waals surface area contributed by atoms with E-state index in [1.165, 1.54) is 42.1 Å². The number of benzene rings is 1. The molecule has 8 nitrogen and oxygen atoms in total. The van der Waals surface area contributed by atoms with E-state index < -0.39 is 10.9 Å². The van der Waals surface area contributed by atoms with Crippen molar-refractivity contribution in [1.29, 1.82) is 0 Å². The Balaban J connectivity index is 2.39. The standard InChI is InChI=1S/C11H10N4O4/c1-19-11(16)9-6-10(12)14(13-9)7-2-4-8(5-3-7)15(17)18/h2-6H,12H2,1H3. The van der Waals surface area contributed by atoms with E-state index in [0.717, 1.165) is 0 Å². The summed E-state index contributed by atoms with van der Waals surface area (Å²) in [6.45, 7) is 0. The van der Waals surface area contributed by atoms with Gasteiger partial charge in [-0.15, -0.1) is 0 Å². The molecule has 2 rings (SSSR count). The maximum atomic E-state index is 11.3. The summed E-state index contributed by atoms with van der Waals surface area (Å²) in [6, 6.07) is 7.00. The van der Waals surface area contributed by atoms with Gasteiger partial charge in [0.05, 0.1) is 17.7 Å². The predicted molar refractivity (Wildman–Crippen MR) is 66.0 cm³/mol. The van der Waals surface area contributed by atoms with Crippen molar-refractivity contribution in [3.8, 4) is 5.69 Å². The molecule has 1 aromatic heterocycles. The van der Waals surface area contributed by atoms with Crippen molar-refractivity contribution in [1.82, 2.24) is 9.78 Å². The number of hydrogen-bond acceptors (Lipinski definition) is 6. The van der Waals surface area contributed by atoms with Gasteiger partial charge in [0.2, 0.25) is 0 Å². The van der Waals surface area contributed by atoms with Crippen LogP contribution in [0.5, 0.6) is 0 Å². The lowest BCUT2D eigenvalue weighted by atomic mass is 10.3. The minimum absolute atomic E-state index is 0.0392. The second-order valence-corrected chi connectivity index (χ2v) is 3.63. The van der Waals surface area contributed by atoms with Gasteiger partial charge in [0.15, 0.2) is 5.69 Å². The van der Waals surface area contributed by atoms with E-state index in [2.05, 4.69) is 9.84 Å². The van der Waals surface area contributed by atoms with Crippen molar-refractivity contribution >= 4 is 17.5 Å². The molecule has 2 N–H and O–H groups in total. The number of hydrogen-bond donors (Lipinski definition) is 1. The topological polar surface area (TPSA) is 113 Å². The average Bonchev–Trinajstić information content (AvgIpc) is 2.80. The molecule has 0 saturated carbocycles. The molecule has 0 aliphatic heterocycles. The van der Waals surface area contributed by atoms with Gasteiger partial charge in [-0.25, -0.2) is 9.48 Å². The van der Waals surface area contributed by atoms with Gasteiger partial charge < -0.3 is 10.5 Å². The Bertz CT molecular complexity index is 633. The lowest BCUT2D eigenvalue weighted by molar-refractivity contribution is -0.384. The molecule has 98 valence electrons. The van der Waals surface area contributed by atoms with E-state index >= 15 is 0 Å². The van der Waals surface area contributed by atoms with Gasteiger partial charge in [0.1, 0.15) is 5.82 Å². The molecule has 0 radical (unpaired) electrons. The number of esters is 1. The largest absolute Gasteiger partial charge is 0.464 e. The molecular weight excluding hydrogens is 252 g/mol. The number of ether oxygens (including phenoxy) is 1. The highest BCUT2D eigenvalue weighted by Gasteiger charge is 2.14. The Labute approximate surface area is 107 Å². The number of nitro benzene ring substituents is 1. The fourth-order valence-corrected chi connectivity index (χ4v) is 1.52. The van der Waals surface area contributed by atoms with Crippen LogP contribution in [0.15, 0.2) is 30.3 Å². The first kappa shape index (κ1) is 12.6. The van der Waals surface area contributed by atoms with Gasteiger partial charge in [-0.2, -0.15) is 5.10 Å². The van der Waals surface area contributed by atoms with Crippen LogP contribution in [0.3, 0.4) is 0 Å². The number of non-ortho nitro benzene ring substituents is 1. The van der Waals surface area contributed by atoms with Gasteiger partial charge in [-0.05, 0) is 12.1 Å². The van der Waals surface area contributed by atoms with Crippen LogP contribution in [0.2, 0.25) is 0 Å². The van der Waals surface area contributed by atoms with Crippen LogP contribution in [0.4, 0.5) is 11.5 Å². The summed E-state index contributed by atoms with van der Waals surface area (Å²) in [5, 5.41) is 14.5. The van der Waals surface area contributed by atoms with Gasteiger partial charge in [-0.3, -0.25) is 10.1 Å². The van der Waals surface area contributed by atoms with Crippen molar-refractivity contribution in [2.45, 2.75) is 0 Å². The zero-order valence-corrected chi connectivity index (χ0v) is 9.94. The molecular formula is C11H10N4O4. The first-order valence-electron chi connectivity index (χ1n) is 5.21. The monoisotopic (exact) mass is 262 g/mol. The number of anilines is 1. The van der Waals surface area contributed by atoms with Crippen molar-refractivity contribution in [3.05, 3.63) is 46.1 Å². The van der Waals surface area contributed by atoms with Crippen LogP contribution in [-0.2, 0) is 4.74 Å². The second kappa shape index (κ2) is 4.77. The molecule has 2 aromatic rings. The molecule has 0 aliphatic carbocycles. The number of nitrogens with zero attached hydrogens (tertiary/aromatic N) is 3. The normalized spacial score (nSPS) is 10.2. The van der Waals surface area contributed by atoms with Gasteiger partial charge in [-0.1, -0.05) is 0 Å². The third-order valence-corrected chi connectivity index (χ3v) is 2.44. The van der Waals surface area contributed by atoms with Crippen molar-refractivity contribution in [3.63, 3.8) is 0 Å². The first-order valence-corrected chi connectivity index (χ1v) is 5.21. The number of rotatable bonds is 3. The smallest absolute Gasteiger partial charge is 0.358 e. The van der Waals surface area contributed by atoms with Crippen LogP contribution in [0.25, 0.3) is 5.69 Å². The Morgan fingerprint density at radius 3 is 2.58 bits per heavy atom. The minimum Gasteiger partial charge on any atom is -0.464 e. The average molecular weight is 262 g/mol. The summed E-state index contributed by atoms with van der Waals surface area (Å²) in [5.74, 6) is -0.374. The second-order valence-electron chi connectivity index (χ2n) is 3.63. The summed E-state index contributed by atoms with van der Waals surface area (Å²) >= 11 is 0. The minimum atomic E-state index is -0.604. The Morgan fingerprint density at radius 1 is 1.42 bits per heavy atom. The molecule has 1 aromatic carbocycles. The third kappa shape index (κ3) is 2.37. The number of carbonyl (C=O) groups excluding carboxylic acids is 1. The molecule has 0 aliphatic rings. The van der Waals surface area contributed by atoms with Crippen molar-refractivity contribution in [2.75, 3.05) is 12.8 Å². The van der Waals surface area contributed by atoms with E-state index in [1.54, 1.807) is 0 Å². The SMILES string of the molecule is COC(=O)c1cc(N)n(-c2ccc([N+](=O)[O-])cc2)n1. The highest BCUT2D eigenvalue weighted by atomic mass is 16.6. The highest BCUT2D eigenvalue weighted by molar-refractivity contribution is 5.88. The maximum Gasteiger partial charge on any atom is 0.358 e. The van der Waals surface area contributed by atoms with Crippen molar-refractivity contribution < 1.29 is 14.5 Å². The molecule has 0 bridgehead atoms. The van der Waals surface area contributed by atoms with E-state index in [4.69, 9.17) is 5.73 Å². The third-order valence-electron chi connectivity index (χ3n) is 2.44.